The van der Waals surface area contributed by atoms with Crippen LogP contribution in [0.3, 0.4) is 0 Å². The van der Waals surface area contributed by atoms with E-state index in [0.717, 1.165) is 21.1 Å². The van der Waals surface area contributed by atoms with Crippen LogP contribution in [0.4, 0.5) is 5.69 Å². The zero-order valence-electron chi connectivity index (χ0n) is 17.4. The maximum absolute atomic E-state index is 12.6. The zero-order valence-corrected chi connectivity index (χ0v) is 21.5. The molecule has 164 valence electrons. The fourth-order valence-electron chi connectivity index (χ4n) is 3.08. The number of aliphatic hydroxyl groups is 1. The average Bonchev–Trinajstić information content (AvgIpc) is 2.93. The van der Waals surface area contributed by atoms with Crippen LogP contribution in [-0.2, 0) is 15.7 Å². The quantitative estimate of drug-likeness (QED) is 0.633. The van der Waals surface area contributed by atoms with Gasteiger partial charge in [0, 0.05) is 26.7 Å². The molecule has 0 aromatic heterocycles. The highest BCUT2D eigenvalue weighted by atomic mass is 79.9. The molecule has 2 aromatic rings. The molecule has 1 saturated heterocycles. The van der Waals surface area contributed by atoms with E-state index in [-0.39, 0.29) is 26.9 Å². The van der Waals surface area contributed by atoms with Gasteiger partial charge in [-0.2, -0.15) is 0 Å². The standard InChI is InChI=1S/C20H24ClN3O3S2.BrH/c1-13-6-9-17(14(2)10-13)22-19-24(5)20(25,12-28-19)15-7-8-16(21)18(11-15)29(26,27)23(3)4;/h6-11,25H,12H2,1-5H3;1H/b22-19+;. The second kappa shape index (κ2) is 9.18. The number of nitrogens with zero attached hydrogens (tertiary/aromatic N) is 3. The predicted molar refractivity (Wildman–Crippen MR) is 130 cm³/mol. The van der Waals surface area contributed by atoms with Crippen molar-refractivity contribution in [3.63, 3.8) is 0 Å². The molecule has 0 spiro atoms. The molecule has 3 rings (SSSR count). The average molecular weight is 535 g/mol. The van der Waals surface area contributed by atoms with Crippen molar-refractivity contribution in [1.82, 2.24) is 9.21 Å². The first-order chi connectivity index (χ1) is 13.5. The number of rotatable bonds is 4. The van der Waals surface area contributed by atoms with Gasteiger partial charge in [0.25, 0.3) is 0 Å². The van der Waals surface area contributed by atoms with Gasteiger partial charge in [0.2, 0.25) is 10.0 Å². The number of sulfonamides is 1. The Bertz CT molecular complexity index is 1090. The highest BCUT2D eigenvalue weighted by molar-refractivity contribution is 8.93. The molecule has 0 radical (unpaired) electrons. The Labute approximate surface area is 197 Å². The summed E-state index contributed by atoms with van der Waals surface area (Å²) in [6.45, 7) is 4.02. The lowest BCUT2D eigenvalue weighted by Gasteiger charge is -2.32. The van der Waals surface area contributed by atoms with E-state index in [1.807, 2.05) is 26.0 Å². The first-order valence-corrected chi connectivity index (χ1v) is 11.7. The second-order valence-electron chi connectivity index (χ2n) is 7.28. The van der Waals surface area contributed by atoms with Gasteiger partial charge in [-0.3, -0.25) is 0 Å². The lowest BCUT2D eigenvalue weighted by atomic mass is 10.0. The van der Waals surface area contributed by atoms with Crippen LogP contribution in [0.2, 0.25) is 5.02 Å². The van der Waals surface area contributed by atoms with E-state index >= 15 is 0 Å². The SMILES string of the molecule is Br.Cc1ccc(/N=C2/SCC(O)(c3ccc(Cl)c(S(=O)(=O)N(C)C)c3)N2C)c(C)c1. The summed E-state index contributed by atoms with van der Waals surface area (Å²) in [7, 11) is 0.894. The van der Waals surface area contributed by atoms with Crippen molar-refractivity contribution in [1.29, 1.82) is 0 Å². The molecular weight excluding hydrogens is 510 g/mol. The minimum absolute atomic E-state index is 0. The number of amidine groups is 1. The number of hydrogen-bond donors (Lipinski definition) is 1. The normalized spacial score (nSPS) is 20.7. The minimum Gasteiger partial charge on any atom is -0.366 e. The molecule has 0 aliphatic carbocycles. The first-order valence-electron chi connectivity index (χ1n) is 8.94. The highest BCUT2D eigenvalue weighted by Gasteiger charge is 2.43. The van der Waals surface area contributed by atoms with Crippen molar-refractivity contribution < 1.29 is 13.5 Å². The molecule has 2 aromatic carbocycles. The topological polar surface area (TPSA) is 73.2 Å². The summed E-state index contributed by atoms with van der Waals surface area (Å²) in [5.74, 6) is 0.316. The van der Waals surface area contributed by atoms with Crippen molar-refractivity contribution in [2.24, 2.45) is 4.99 Å². The Balaban J connectivity index is 0.00000320. The van der Waals surface area contributed by atoms with Gasteiger partial charge in [-0.15, -0.1) is 17.0 Å². The predicted octanol–water partition coefficient (Wildman–Crippen LogP) is 4.30. The van der Waals surface area contributed by atoms with Crippen molar-refractivity contribution in [3.8, 4) is 0 Å². The third-order valence-corrected chi connectivity index (χ3v) is 8.43. The van der Waals surface area contributed by atoms with Crippen LogP contribution < -0.4 is 0 Å². The van der Waals surface area contributed by atoms with Crippen LogP contribution in [0.5, 0.6) is 0 Å². The van der Waals surface area contributed by atoms with Crippen LogP contribution in [0.15, 0.2) is 46.3 Å². The fourth-order valence-corrected chi connectivity index (χ4v) is 5.67. The molecule has 1 aliphatic rings. The smallest absolute Gasteiger partial charge is 0.244 e. The Morgan fingerprint density at radius 2 is 1.87 bits per heavy atom. The number of benzene rings is 2. The Morgan fingerprint density at radius 1 is 1.20 bits per heavy atom. The number of hydrogen-bond acceptors (Lipinski definition) is 5. The number of aliphatic imine (C=N–C) groups is 1. The van der Waals surface area contributed by atoms with Crippen LogP contribution in [0, 0.1) is 13.8 Å². The monoisotopic (exact) mass is 533 g/mol. The van der Waals surface area contributed by atoms with Gasteiger partial charge >= 0.3 is 0 Å². The minimum atomic E-state index is -3.74. The maximum atomic E-state index is 12.6. The molecule has 1 unspecified atom stereocenters. The molecule has 0 saturated carbocycles. The van der Waals surface area contributed by atoms with E-state index in [0.29, 0.717) is 16.5 Å². The molecule has 1 N–H and O–H groups in total. The van der Waals surface area contributed by atoms with Gasteiger partial charge in [0.15, 0.2) is 10.9 Å². The van der Waals surface area contributed by atoms with Crippen molar-refractivity contribution in [3.05, 3.63) is 58.1 Å². The first kappa shape index (κ1) is 25.2. The molecular formula is C20H25BrClN3O3S2. The molecule has 0 bridgehead atoms. The van der Waals surface area contributed by atoms with Crippen LogP contribution >= 0.6 is 40.3 Å². The summed E-state index contributed by atoms with van der Waals surface area (Å²) >= 11 is 7.57. The molecule has 30 heavy (non-hydrogen) atoms. The van der Waals surface area contributed by atoms with E-state index in [9.17, 15) is 13.5 Å². The zero-order chi connectivity index (χ0) is 21.6. The van der Waals surface area contributed by atoms with Crippen molar-refractivity contribution >= 4 is 61.2 Å². The van der Waals surface area contributed by atoms with E-state index in [2.05, 4.69) is 6.07 Å². The van der Waals surface area contributed by atoms with Crippen LogP contribution in [0.1, 0.15) is 16.7 Å². The van der Waals surface area contributed by atoms with Gasteiger partial charge in [-0.1, -0.05) is 47.1 Å². The van der Waals surface area contributed by atoms with Crippen LogP contribution in [-0.4, -0.2) is 54.8 Å². The van der Waals surface area contributed by atoms with E-state index in [4.69, 9.17) is 16.6 Å². The van der Waals surface area contributed by atoms with E-state index < -0.39 is 15.7 Å². The third-order valence-electron chi connectivity index (χ3n) is 4.96. The molecule has 1 fully saturated rings. The van der Waals surface area contributed by atoms with Gasteiger partial charge in [0.1, 0.15) is 4.90 Å². The third kappa shape index (κ3) is 4.56. The Hall–Kier alpha value is -1.10. The highest BCUT2D eigenvalue weighted by Crippen LogP contribution is 2.40. The molecule has 0 amide bonds. The fraction of sp³-hybridized carbons (Fsp3) is 0.350. The summed E-state index contributed by atoms with van der Waals surface area (Å²) in [6, 6.07) is 10.6. The van der Waals surface area contributed by atoms with E-state index in [1.54, 1.807) is 18.0 Å². The van der Waals surface area contributed by atoms with Gasteiger partial charge in [-0.25, -0.2) is 17.7 Å². The Kier molecular flexibility index (Phi) is 7.70. The maximum Gasteiger partial charge on any atom is 0.244 e. The summed E-state index contributed by atoms with van der Waals surface area (Å²) in [6.07, 6.45) is 0. The number of aryl methyl sites for hydroxylation is 2. The number of halogens is 2. The second-order valence-corrected chi connectivity index (χ2v) is 10.8. The van der Waals surface area contributed by atoms with Gasteiger partial charge in [0.05, 0.1) is 16.5 Å². The van der Waals surface area contributed by atoms with Gasteiger partial charge < -0.3 is 10.0 Å². The molecule has 6 nitrogen and oxygen atoms in total. The summed E-state index contributed by atoms with van der Waals surface area (Å²) in [5.41, 5.74) is 2.09. The summed E-state index contributed by atoms with van der Waals surface area (Å²) in [4.78, 5) is 6.35. The van der Waals surface area contributed by atoms with Crippen LogP contribution in [0.25, 0.3) is 0 Å². The molecule has 10 heteroatoms. The largest absolute Gasteiger partial charge is 0.366 e. The molecule has 1 heterocycles. The lowest BCUT2D eigenvalue weighted by Crippen LogP contribution is -2.42. The molecule has 1 aliphatic heterocycles. The number of thioether (sulfide) groups is 1. The van der Waals surface area contributed by atoms with Crippen molar-refractivity contribution in [2.75, 3.05) is 26.9 Å². The van der Waals surface area contributed by atoms with Gasteiger partial charge in [-0.05, 0) is 37.6 Å². The lowest BCUT2D eigenvalue weighted by molar-refractivity contribution is -0.0349. The summed E-state index contributed by atoms with van der Waals surface area (Å²) < 4.78 is 26.3. The summed E-state index contributed by atoms with van der Waals surface area (Å²) in [5, 5.41) is 12.2. The van der Waals surface area contributed by atoms with E-state index in [1.165, 1.54) is 38.0 Å². The Morgan fingerprint density at radius 3 is 2.47 bits per heavy atom. The van der Waals surface area contributed by atoms with Crippen molar-refractivity contribution in [2.45, 2.75) is 24.5 Å². The molecule has 1 atom stereocenters.